The number of nitrogens with two attached hydrogens (primary N) is 6. The van der Waals surface area contributed by atoms with Gasteiger partial charge < -0.3 is 55.5 Å². The molecule has 4 atom stereocenters. The predicted octanol–water partition coefficient (Wildman–Crippen LogP) is -5.30. The van der Waals surface area contributed by atoms with Crippen molar-refractivity contribution in [1.29, 1.82) is 0 Å². The lowest BCUT2D eigenvalue weighted by Gasteiger charge is -2.25. The molecule has 0 aromatic carbocycles. The summed E-state index contributed by atoms with van der Waals surface area (Å²) >= 11 is 0. The van der Waals surface area contributed by atoms with E-state index in [0.29, 0.717) is 0 Å². The SMILES string of the molecule is NC(=O)CCC(N)C(=O)NC(CCCN=C(N)N)C(=O)NC(CCC(N)=O)C(=O)NC(CCC(N)=O)C(=O)O. The number of hydrogen-bond donors (Lipinski definition) is 10. The summed E-state index contributed by atoms with van der Waals surface area (Å²) in [4.78, 5) is 87.0. The van der Waals surface area contributed by atoms with Crippen molar-refractivity contribution in [2.24, 2.45) is 39.4 Å². The van der Waals surface area contributed by atoms with E-state index in [9.17, 15) is 38.7 Å². The molecule has 0 spiro atoms. The highest BCUT2D eigenvalue weighted by atomic mass is 16.4. The molecular formula is C21H38N10O8. The molecule has 6 amide bonds. The van der Waals surface area contributed by atoms with Crippen molar-refractivity contribution < 1.29 is 38.7 Å². The van der Waals surface area contributed by atoms with E-state index in [-0.39, 0.29) is 63.9 Å². The van der Waals surface area contributed by atoms with Crippen molar-refractivity contribution >= 4 is 47.4 Å². The van der Waals surface area contributed by atoms with Crippen LogP contribution in [0.15, 0.2) is 4.99 Å². The van der Waals surface area contributed by atoms with E-state index in [1.165, 1.54) is 0 Å². The Kier molecular flexibility index (Phi) is 15.8. The normalized spacial score (nSPS) is 13.6. The summed E-state index contributed by atoms with van der Waals surface area (Å²) in [6, 6.07) is -5.40. The van der Waals surface area contributed by atoms with Gasteiger partial charge in [0.2, 0.25) is 35.4 Å². The number of rotatable bonds is 20. The third-order valence-electron chi connectivity index (χ3n) is 5.22. The Morgan fingerprint density at radius 3 is 1.49 bits per heavy atom. The van der Waals surface area contributed by atoms with E-state index < -0.39 is 65.6 Å². The molecule has 4 unspecified atom stereocenters. The Hall–Kier alpha value is -4.48. The predicted molar refractivity (Wildman–Crippen MR) is 137 cm³/mol. The van der Waals surface area contributed by atoms with Crippen LogP contribution in [0.4, 0.5) is 0 Å². The smallest absolute Gasteiger partial charge is 0.326 e. The third-order valence-corrected chi connectivity index (χ3v) is 5.22. The Labute approximate surface area is 224 Å². The molecule has 0 aliphatic carbocycles. The summed E-state index contributed by atoms with van der Waals surface area (Å²) in [7, 11) is 0. The molecule has 0 aliphatic heterocycles. The van der Waals surface area contributed by atoms with Crippen LogP contribution in [0, 0.1) is 0 Å². The van der Waals surface area contributed by atoms with E-state index in [1.54, 1.807) is 0 Å². The van der Waals surface area contributed by atoms with Gasteiger partial charge in [-0.25, -0.2) is 4.79 Å². The molecule has 0 rings (SSSR count). The highest BCUT2D eigenvalue weighted by Crippen LogP contribution is 2.06. The van der Waals surface area contributed by atoms with Crippen molar-refractivity contribution in [2.45, 2.75) is 75.5 Å². The second kappa shape index (κ2) is 17.9. The number of carbonyl (C=O) groups excluding carboxylic acids is 6. The molecule has 0 heterocycles. The molecular weight excluding hydrogens is 520 g/mol. The quantitative estimate of drug-likeness (QED) is 0.0382. The van der Waals surface area contributed by atoms with Crippen LogP contribution in [-0.4, -0.2) is 83.2 Å². The van der Waals surface area contributed by atoms with Crippen molar-refractivity contribution in [3.63, 3.8) is 0 Å². The molecule has 0 saturated carbocycles. The lowest BCUT2D eigenvalue weighted by Crippen LogP contribution is -2.57. The first-order valence-electron chi connectivity index (χ1n) is 11.9. The van der Waals surface area contributed by atoms with Crippen LogP contribution in [0.2, 0.25) is 0 Å². The summed E-state index contributed by atoms with van der Waals surface area (Å²) in [5.74, 6) is -6.55. The van der Waals surface area contributed by atoms with E-state index in [2.05, 4.69) is 20.9 Å². The standard InChI is InChI=1S/C21H38N10O8/c22-10(3-6-14(23)32)17(35)29-11(2-1-9-28-21(26)27)18(36)30-12(4-7-15(24)33)19(37)31-13(20(38)39)5-8-16(25)34/h10-13H,1-9,22H2,(H2,23,32)(H2,24,33)(H2,25,34)(H,29,35)(H,30,36)(H,31,37)(H,38,39)(H4,26,27,28). The number of hydrogen-bond acceptors (Lipinski definition) is 9. The minimum absolute atomic E-state index is 0.0165. The third kappa shape index (κ3) is 16.1. The van der Waals surface area contributed by atoms with Crippen LogP contribution < -0.4 is 50.4 Å². The molecule has 0 aromatic rings. The number of guanidine groups is 1. The summed E-state index contributed by atoms with van der Waals surface area (Å²) in [6.45, 7) is 0.0987. The van der Waals surface area contributed by atoms with Crippen LogP contribution in [0.1, 0.15) is 51.4 Å². The van der Waals surface area contributed by atoms with E-state index >= 15 is 0 Å². The molecule has 39 heavy (non-hydrogen) atoms. The van der Waals surface area contributed by atoms with E-state index in [1.807, 2.05) is 0 Å². The monoisotopic (exact) mass is 558 g/mol. The number of carboxylic acid groups (broad SMARTS) is 1. The molecule has 0 saturated heterocycles. The molecule has 18 nitrogen and oxygen atoms in total. The molecule has 0 fully saturated rings. The van der Waals surface area contributed by atoms with Gasteiger partial charge in [0.1, 0.15) is 18.1 Å². The zero-order valence-electron chi connectivity index (χ0n) is 21.4. The molecule has 0 bridgehead atoms. The Balaban J connectivity index is 5.71. The highest BCUT2D eigenvalue weighted by Gasteiger charge is 2.30. The summed E-state index contributed by atoms with van der Waals surface area (Å²) in [6.07, 6.45) is -1.38. The fourth-order valence-electron chi connectivity index (χ4n) is 3.12. The van der Waals surface area contributed by atoms with Gasteiger partial charge in [0.05, 0.1) is 6.04 Å². The van der Waals surface area contributed by atoms with Crippen LogP contribution in [-0.2, 0) is 33.6 Å². The van der Waals surface area contributed by atoms with Gasteiger partial charge in [-0.15, -0.1) is 0 Å². The molecule has 0 aromatic heterocycles. The second-order valence-corrected chi connectivity index (χ2v) is 8.59. The zero-order valence-corrected chi connectivity index (χ0v) is 21.4. The first kappa shape index (κ1) is 34.5. The van der Waals surface area contributed by atoms with E-state index in [4.69, 9.17) is 34.4 Å². The second-order valence-electron chi connectivity index (χ2n) is 8.59. The Morgan fingerprint density at radius 1 is 0.615 bits per heavy atom. The zero-order chi connectivity index (χ0) is 30.1. The number of aliphatic imine (C=N–C) groups is 1. The first-order chi connectivity index (χ1) is 18.1. The first-order valence-corrected chi connectivity index (χ1v) is 11.9. The molecule has 16 N–H and O–H groups in total. The highest BCUT2D eigenvalue weighted by molar-refractivity contribution is 5.94. The van der Waals surface area contributed by atoms with Gasteiger partial charge in [-0.3, -0.25) is 33.8 Å². The maximum absolute atomic E-state index is 13.1. The Morgan fingerprint density at radius 2 is 1.03 bits per heavy atom. The van der Waals surface area contributed by atoms with Gasteiger partial charge in [0, 0.05) is 25.8 Å². The summed E-state index contributed by atoms with van der Waals surface area (Å²) < 4.78 is 0. The van der Waals surface area contributed by atoms with Gasteiger partial charge in [-0.05, 0) is 32.1 Å². The number of aliphatic carboxylic acids is 1. The summed E-state index contributed by atoms with van der Waals surface area (Å²) in [5.41, 5.74) is 31.6. The average Bonchev–Trinajstić information content (AvgIpc) is 2.83. The molecule has 220 valence electrons. The van der Waals surface area contributed by atoms with Crippen molar-refractivity contribution in [2.75, 3.05) is 6.54 Å². The van der Waals surface area contributed by atoms with Crippen molar-refractivity contribution in [1.82, 2.24) is 16.0 Å². The van der Waals surface area contributed by atoms with Gasteiger partial charge in [0.25, 0.3) is 0 Å². The minimum atomic E-state index is -1.52. The number of primary amides is 3. The van der Waals surface area contributed by atoms with Gasteiger partial charge in [0.15, 0.2) is 5.96 Å². The minimum Gasteiger partial charge on any atom is -0.480 e. The molecule has 18 heteroatoms. The lowest BCUT2D eigenvalue weighted by molar-refractivity contribution is -0.142. The van der Waals surface area contributed by atoms with Crippen molar-refractivity contribution in [3.05, 3.63) is 0 Å². The number of amides is 6. The topological polar surface area (TPSA) is 344 Å². The number of nitrogens with zero attached hydrogens (tertiary/aromatic N) is 1. The maximum atomic E-state index is 13.1. The number of carboxylic acids is 1. The van der Waals surface area contributed by atoms with Gasteiger partial charge in [-0.2, -0.15) is 0 Å². The van der Waals surface area contributed by atoms with Crippen LogP contribution >= 0.6 is 0 Å². The molecule has 0 aliphatic rings. The number of carbonyl (C=O) groups is 7. The van der Waals surface area contributed by atoms with Gasteiger partial charge in [-0.1, -0.05) is 0 Å². The van der Waals surface area contributed by atoms with Crippen LogP contribution in [0.5, 0.6) is 0 Å². The Bertz CT molecular complexity index is 938. The van der Waals surface area contributed by atoms with Crippen LogP contribution in [0.3, 0.4) is 0 Å². The maximum Gasteiger partial charge on any atom is 0.326 e. The van der Waals surface area contributed by atoms with Crippen molar-refractivity contribution in [3.8, 4) is 0 Å². The fourth-order valence-corrected chi connectivity index (χ4v) is 3.12. The molecule has 0 radical (unpaired) electrons. The summed E-state index contributed by atoms with van der Waals surface area (Å²) in [5, 5.41) is 16.3. The van der Waals surface area contributed by atoms with E-state index in [0.717, 1.165) is 0 Å². The lowest BCUT2D eigenvalue weighted by atomic mass is 10.0. The largest absolute Gasteiger partial charge is 0.480 e. The fraction of sp³-hybridized carbons (Fsp3) is 0.619. The number of nitrogens with one attached hydrogen (secondary N) is 3. The van der Waals surface area contributed by atoms with Gasteiger partial charge >= 0.3 is 5.97 Å². The average molecular weight is 559 g/mol. The van der Waals surface area contributed by atoms with Crippen LogP contribution in [0.25, 0.3) is 0 Å².